The van der Waals surface area contributed by atoms with Crippen molar-refractivity contribution in [2.45, 2.75) is 6.92 Å². The lowest BCUT2D eigenvalue weighted by molar-refractivity contribution is -0.353. The number of benzene rings is 4. The van der Waals surface area contributed by atoms with E-state index in [0.717, 1.165) is 51.4 Å². The number of anilines is 3. The van der Waals surface area contributed by atoms with Crippen molar-refractivity contribution in [2.75, 3.05) is 11.1 Å². The fourth-order valence-corrected chi connectivity index (χ4v) is 3.69. The first-order chi connectivity index (χ1) is 17.6. The summed E-state index contributed by atoms with van der Waals surface area (Å²) in [6.45, 7) is 2.06. The van der Waals surface area contributed by atoms with Gasteiger partial charge >= 0.3 is 0 Å². The average molecular weight is 473 g/mol. The zero-order chi connectivity index (χ0) is 24.7. The highest BCUT2D eigenvalue weighted by molar-refractivity contribution is 6.14. The molecule has 4 aromatic carbocycles. The Hall–Kier alpha value is -4.90. The summed E-state index contributed by atoms with van der Waals surface area (Å²) in [5.74, 6) is 1.63. The van der Waals surface area contributed by atoms with Crippen LogP contribution in [0.4, 0.5) is 28.4 Å². The first-order valence-corrected chi connectivity index (χ1v) is 11.8. The number of aryl methyl sites for hydroxylation is 1. The molecule has 0 saturated carbocycles. The van der Waals surface area contributed by atoms with Crippen LogP contribution in [-0.2, 0) is 0 Å². The van der Waals surface area contributed by atoms with Crippen LogP contribution in [-0.4, -0.2) is 11.4 Å². The normalized spacial score (nSPS) is 12.4. The van der Waals surface area contributed by atoms with Crippen molar-refractivity contribution in [3.63, 3.8) is 0 Å². The molecule has 0 spiro atoms. The summed E-state index contributed by atoms with van der Waals surface area (Å²) in [6, 6.07) is 31.9. The molecule has 0 bridgehead atoms. The van der Waals surface area contributed by atoms with Gasteiger partial charge in [-0.2, -0.15) is 0 Å². The van der Waals surface area contributed by atoms with Crippen molar-refractivity contribution in [2.24, 2.45) is 0 Å². The van der Waals surface area contributed by atoms with Crippen LogP contribution in [0.15, 0.2) is 121 Å². The van der Waals surface area contributed by atoms with Gasteiger partial charge in [0, 0.05) is 65.6 Å². The number of hydrogen-bond donors (Lipinski definition) is 4. The van der Waals surface area contributed by atoms with Crippen molar-refractivity contribution in [1.29, 1.82) is 0 Å². The van der Waals surface area contributed by atoms with Crippen LogP contribution in [0, 0.1) is 6.92 Å². The van der Waals surface area contributed by atoms with Crippen LogP contribution in [0.25, 0.3) is 0 Å². The van der Waals surface area contributed by atoms with E-state index < -0.39 is 0 Å². The Bertz CT molecular complexity index is 1430. The third-order valence-corrected chi connectivity index (χ3v) is 5.66. The van der Waals surface area contributed by atoms with Crippen LogP contribution in [0.2, 0.25) is 0 Å². The van der Waals surface area contributed by atoms with Gasteiger partial charge in [0.2, 0.25) is 22.8 Å². The number of nitrogens with two attached hydrogens (primary N) is 1. The van der Waals surface area contributed by atoms with Gasteiger partial charge in [-0.15, -0.1) is 0 Å². The molecule has 5 nitrogen and oxygen atoms in total. The van der Waals surface area contributed by atoms with Gasteiger partial charge in [-0.3, -0.25) is 0 Å². The molecule has 0 aromatic heterocycles. The van der Waals surface area contributed by atoms with E-state index in [1.165, 1.54) is 5.56 Å². The fourth-order valence-electron chi connectivity index (χ4n) is 3.69. The molecule has 5 heteroatoms. The van der Waals surface area contributed by atoms with Gasteiger partial charge in [0.1, 0.15) is 11.5 Å². The highest BCUT2D eigenvalue weighted by Crippen LogP contribution is 2.25. The minimum atomic E-state index is 0.753. The van der Waals surface area contributed by atoms with Gasteiger partial charge in [-0.1, -0.05) is 17.7 Å². The smallest absolute Gasteiger partial charge is 0.204 e. The summed E-state index contributed by atoms with van der Waals surface area (Å²) < 4.78 is 5.91. The van der Waals surface area contributed by atoms with Crippen LogP contribution >= 0.6 is 0 Å². The number of hydrogen-bond acceptors (Lipinski definition) is 3. The molecule has 5 N–H and O–H groups in total. The molecular weight excluding hydrogens is 444 g/mol. The second kappa shape index (κ2) is 10.6. The van der Waals surface area contributed by atoms with Crippen LogP contribution in [0.5, 0.6) is 11.5 Å². The molecule has 0 radical (unpaired) electrons. The van der Waals surface area contributed by atoms with Crippen molar-refractivity contribution in [3.05, 3.63) is 127 Å². The topological polar surface area (TPSA) is 75.2 Å². The Kier molecular flexibility index (Phi) is 6.72. The predicted octanol–water partition coefficient (Wildman–Crippen LogP) is 4.25. The lowest BCUT2D eigenvalue weighted by Gasteiger charge is -2.09. The highest BCUT2D eigenvalue weighted by Gasteiger charge is 2.09. The third-order valence-electron chi connectivity index (χ3n) is 5.66. The molecule has 5 rings (SSSR count). The first kappa shape index (κ1) is 22.9. The fraction of sp³-hybridized carbons (Fsp3) is 0.0323. The van der Waals surface area contributed by atoms with Gasteiger partial charge in [0.05, 0.1) is 0 Å². The SMILES string of the molecule is Cc1ccc(Oc2ccc(Nc3ccc([NH+]=C4C=CC(=[NH+]c5ccc(N)cc5)C=C4)cc3)cc2)cc1. The van der Waals surface area contributed by atoms with E-state index >= 15 is 0 Å². The molecule has 1 aliphatic rings. The Morgan fingerprint density at radius 3 is 1.47 bits per heavy atom. The Morgan fingerprint density at radius 1 is 0.556 bits per heavy atom. The van der Waals surface area contributed by atoms with E-state index in [4.69, 9.17) is 10.5 Å². The monoisotopic (exact) mass is 472 g/mol. The van der Waals surface area contributed by atoms with Crippen LogP contribution < -0.4 is 25.8 Å². The molecule has 0 saturated heterocycles. The van der Waals surface area contributed by atoms with Crippen molar-refractivity contribution < 1.29 is 14.7 Å². The minimum Gasteiger partial charge on any atom is -0.457 e. The molecule has 0 aliphatic heterocycles. The Balaban J connectivity index is 1.18. The number of allylic oxidation sites excluding steroid dienone is 4. The largest absolute Gasteiger partial charge is 0.457 e. The summed E-state index contributed by atoms with van der Waals surface area (Å²) in [6.07, 6.45) is 8.18. The van der Waals surface area contributed by atoms with Gasteiger partial charge in [0.15, 0.2) is 0 Å². The molecular formula is C31H28N4O+2. The van der Waals surface area contributed by atoms with Gasteiger partial charge in [0.25, 0.3) is 0 Å². The summed E-state index contributed by atoms with van der Waals surface area (Å²) in [5, 5.41) is 3.43. The summed E-state index contributed by atoms with van der Waals surface area (Å²) in [5.41, 5.74) is 13.8. The third kappa shape index (κ3) is 6.15. The maximum atomic E-state index is 5.91. The zero-order valence-corrected chi connectivity index (χ0v) is 20.0. The Morgan fingerprint density at radius 2 is 0.972 bits per heavy atom. The predicted molar refractivity (Wildman–Crippen MR) is 148 cm³/mol. The van der Waals surface area contributed by atoms with E-state index in [1.54, 1.807) is 0 Å². The van der Waals surface area contributed by atoms with E-state index in [9.17, 15) is 0 Å². The molecule has 0 heterocycles. The lowest BCUT2D eigenvalue weighted by atomic mass is 10.1. The standard InChI is InChI=1S/C31H26N4O/c1-22-2-18-30(19-3-22)36-31-20-16-29(17-21-31)35-28-14-12-27(13-15-28)34-26-10-8-25(9-11-26)33-24-6-4-23(32)5-7-24/h2-21,35H,32H2,1H3/p+2. The molecule has 176 valence electrons. The van der Waals surface area contributed by atoms with Crippen LogP contribution in [0.3, 0.4) is 0 Å². The maximum Gasteiger partial charge on any atom is 0.204 e. The van der Waals surface area contributed by atoms with E-state index in [-0.39, 0.29) is 0 Å². The number of rotatable bonds is 6. The molecule has 0 fully saturated rings. The molecule has 0 atom stereocenters. The van der Waals surface area contributed by atoms with E-state index in [1.807, 2.05) is 97.1 Å². The summed E-state index contributed by atoms with van der Waals surface area (Å²) >= 11 is 0. The lowest BCUT2D eigenvalue weighted by Crippen LogP contribution is -2.68. The molecule has 1 aliphatic carbocycles. The second-order valence-electron chi connectivity index (χ2n) is 8.59. The number of nitrogen functional groups attached to an aromatic ring is 1. The quantitative estimate of drug-likeness (QED) is 0.250. The highest BCUT2D eigenvalue weighted by atomic mass is 16.5. The second-order valence-corrected chi connectivity index (χ2v) is 8.59. The minimum absolute atomic E-state index is 0.753. The zero-order valence-electron chi connectivity index (χ0n) is 20.0. The van der Waals surface area contributed by atoms with Gasteiger partial charge in [-0.05, 0) is 67.6 Å². The van der Waals surface area contributed by atoms with E-state index in [2.05, 4.69) is 46.5 Å². The van der Waals surface area contributed by atoms with Gasteiger partial charge < -0.3 is 15.8 Å². The van der Waals surface area contributed by atoms with E-state index in [0.29, 0.717) is 0 Å². The van der Waals surface area contributed by atoms with Crippen LogP contribution in [0.1, 0.15) is 5.56 Å². The molecule has 36 heavy (non-hydrogen) atoms. The summed E-state index contributed by atoms with van der Waals surface area (Å²) in [4.78, 5) is 6.81. The first-order valence-electron chi connectivity index (χ1n) is 11.8. The summed E-state index contributed by atoms with van der Waals surface area (Å²) in [7, 11) is 0. The molecule has 4 aromatic rings. The Labute approximate surface area is 211 Å². The average Bonchev–Trinajstić information content (AvgIpc) is 2.90. The van der Waals surface area contributed by atoms with Crippen molar-refractivity contribution in [1.82, 2.24) is 0 Å². The molecule has 0 amide bonds. The maximum absolute atomic E-state index is 5.91. The molecule has 0 unspecified atom stereocenters. The number of ether oxygens (including phenoxy) is 1. The van der Waals surface area contributed by atoms with Crippen molar-refractivity contribution >= 4 is 39.9 Å². The van der Waals surface area contributed by atoms with Gasteiger partial charge in [-0.25, -0.2) is 9.98 Å². The number of nitrogens with one attached hydrogen (secondary N) is 3. The van der Waals surface area contributed by atoms with Crippen molar-refractivity contribution in [3.8, 4) is 11.5 Å².